The minimum Gasteiger partial charge on any atom is -0.297 e. The van der Waals surface area contributed by atoms with E-state index in [1.807, 2.05) is 24.9 Å². The molecule has 1 aliphatic heterocycles. The zero-order valence-electron chi connectivity index (χ0n) is 13.8. The van der Waals surface area contributed by atoms with Crippen molar-refractivity contribution >= 4 is 16.3 Å². The van der Waals surface area contributed by atoms with Crippen molar-refractivity contribution in [2.24, 2.45) is 7.05 Å². The van der Waals surface area contributed by atoms with E-state index in [9.17, 15) is 4.79 Å². The summed E-state index contributed by atoms with van der Waals surface area (Å²) in [5, 5.41) is 9.31. The van der Waals surface area contributed by atoms with Crippen molar-refractivity contribution in [3.8, 4) is 0 Å². The molecule has 8 heteroatoms. The number of rotatable bonds is 3. The molecule has 126 valence electrons. The number of likely N-dealkylation sites (tertiary alicyclic amines) is 1. The van der Waals surface area contributed by atoms with Crippen molar-refractivity contribution in [3.63, 3.8) is 0 Å². The molecule has 1 saturated heterocycles. The molecule has 0 spiro atoms. The highest BCUT2D eigenvalue weighted by Crippen LogP contribution is 2.27. The molecule has 1 aliphatic rings. The van der Waals surface area contributed by atoms with E-state index >= 15 is 0 Å². The summed E-state index contributed by atoms with van der Waals surface area (Å²) < 4.78 is 3.36. The molecular weight excluding hydrogens is 324 g/mol. The van der Waals surface area contributed by atoms with E-state index in [1.165, 1.54) is 21.5 Å². The quantitative estimate of drug-likeness (QED) is 0.721. The lowest BCUT2D eigenvalue weighted by Crippen LogP contribution is -2.33. The van der Waals surface area contributed by atoms with Gasteiger partial charge in [0.25, 0.3) is 5.56 Å². The fourth-order valence-corrected chi connectivity index (χ4v) is 4.20. The highest BCUT2D eigenvalue weighted by Gasteiger charge is 2.23. The van der Waals surface area contributed by atoms with Gasteiger partial charge < -0.3 is 0 Å². The Bertz CT molecular complexity index is 918. The van der Waals surface area contributed by atoms with Crippen LogP contribution in [-0.2, 0) is 13.6 Å². The first kappa shape index (κ1) is 15.5. The second kappa shape index (κ2) is 6.10. The van der Waals surface area contributed by atoms with Crippen LogP contribution in [0.5, 0.6) is 0 Å². The zero-order chi connectivity index (χ0) is 16.7. The van der Waals surface area contributed by atoms with Gasteiger partial charge in [0.15, 0.2) is 0 Å². The number of fused-ring (bicyclic) bond motifs is 1. The molecule has 24 heavy (non-hydrogen) atoms. The van der Waals surface area contributed by atoms with E-state index in [1.54, 1.807) is 6.07 Å². The Morgan fingerprint density at radius 3 is 2.83 bits per heavy atom. The van der Waals surface area contributed by atoms with Crippen LogP contribution in [0.1, 0.15) is 35.2 Å². The zero-order valence-corrected chi connectivity index (χ0v) is 14.7. The van der Waals surface area contributed by atoms with E-state index in [0.717, 1.165) is 43.2 Å². The van der Waals surface area contributed by atoms with E-state index in [4.69, 9.17) is 0 Å². The summed E-state index contributed by atoms with van der Waals surface area (Å²) in [7, 11) is 2.01. The van der Waals surface area contributed by atoms with Gasteiger partial charge in [-0.25, -0.2) is 4.98 Å². The van der Waals surface area contributed by atoms with E-state index in [0.29, 0.717) is 10.9 Å². The Kier molecular flexibility index (Phi) is 3.93. The van der Waals surface area contributed by atoms with Crippen LogP contribution in [0.3, 0.4) is 0 Å². The number of aromatic nitrogens is 5. The van der Waals surface area contributed by atoms with E-state index in [-0.39, 0.29) is 5.56 Å². The molecule has 0 amide bonds. The Balaban J connectivity index is 1.45. The minimum absolute atomic E-state index is 0.0934. The van der Waals surface area contributed by atoms with Gasteiger partial charge in [0, 0.05) is 37.5 Å². The summed E-state index contributed by atoms with van der Waals surface area (Å²) in [4.78, 5) is 19.8. The third kappa shape index (κ3) is 2.87. The van der Waals surface area contributed by atoms with Crippen molar-refractivity contribution in [2.45, 2.75) is 32.2 Å². The number of hydrogen-bond donors (Lipinski definition) is 0. The molecule has 3 aromatic rings. The molecule has 0 aromatic carbocycles. The van der Waals surface area contributed by atoms with Crippen molar-refractivity contribution in [1.82, 2.24) is 29.3 Å². The predicted octanol–water partition coefficient (Wildman–Crippen LogP) is 1.57. The normalized spacial score (nSPS) is 16.9. The fourth-order valence-electron chi connectivity index (χ4n) is 3.43. The van der Waals surface area contributed by atoms with Crippen LogP contribution in [0.2, 0.25) is 0 Å². The number of hydrogen-bond acceptors (Lipinski definition) is 6. The van der Waals surface area contributed by atoms with Gasteiger partial charge in [-0.2, -0.15) is 14.7 Å². The van der Waals surface area contributed by atoms with Crippen LogP contribution in [0, 0.1) is 6.92 Å². The maximum absolute atomic E-state index is 12.1. The molecule has 0 bridgehead atoms. The summed E-state index contributed by atoms with van der Waals surface area (Å²) in [5.41, 5.74) is 2.05. The highest BCUT2D eigenvalue weighted by molar-refractivity contribution is 7.16. The first-order valence-electron chi connectivity index (χ1n) is 8.17. The van der Waals surface area contributed by atoms with Crippen LogP contribution in [-0.4, -0.2) is 42.4 Å². The summed E-state index contributed by atoms with van der Waals surface area (Å²) in [6, 6.07) is 3.72. The average molecular weight is 344 g/mol. The lowest BCUT2D eigenvalue weighted by Gasteiger charge is -2.31. The van der Waals surface area contributed by atoms with Crippen LogP contribution >= 0.6 is 11.3 Å². The second-order valence-electron chi connectivity index (χ2n) is 6.33. The lowest BCUT2D eigenvalue weighted by molar-refractivity contribution is 0.199. The third-order valence-corrected chi connectivity index (χ3v) is 5.47. The topological polar surface area (TPSA) is 68.3 Å². The SMILES string of the molecule is Cc1nn2c(=O)cc(CN3CCC(c4ccnn4C)CC3)nc2s1. The number of piperidine rings is 1. The van der Waals surface area contributed by atoms with E-state index < -0.39 is 0 Å². The molecule has 0 radical (unpaired) electrons. The molecule has 1 fully saturated rings. The molecule has 0 unspecified atom stereocenters. The monoisotopic (exact) mass is 344 g/mol. The lowest BCUT2D eigenvalue weighted by atomic mass is 9.93. The second-order valence-corrected chi connectivity index (χ2v) is 7.49. The van der Waals surface area contributed by atoms with E-state index in [2.05, 4.69) is 26.1 Å². The molecule has 7 nitrogen and oxygen atoms in total. The van der Waals surface area contributed by atoms with Crippen LogP contribution in [0.25, 0.3) is 4.96 Å². The first-order chi connectivity index (χ1) is 11.6. The average Bonchev–Trinajstić information content (AvgIpc) is 3.14. The molecular formula is C16H20N6OS. The number of nitrogens with zero attached hydrogens (tertiary/aromatic N) is 6. The van der Waals surface area contributed by atoms with Crippen LogP contribution < -0.4 is 5.56 Å². The molecule has 0 N–H and O–H groups in total. The Labute approximate surface area is 143 Å². The van der Waals surface area contributed by atoms with Gasteiger partial charge in [-0.05, 0) is 38.9 Å². The largest absolute Gasteiger partial charge is 0.297 e. The van der Waals surface area contributed by atoms with Crippen molar-refractivity contribution < 1.29 is 0 Å². The van der Waals surface area contributed by atoms with Crippen LogP contribution in [0.4, 0.5) is 0 Å². The van der Waals surface area contributed by atoms with Gasteiger partial charge in [0.1, 0.15) is 5.01 Å². The Morgan fingerprint density at radius 2 is 2.12 bits per heavy atom. The Morgan fingerprint density at radius 1 is 1.33 bits per heavy atom. The summed E-state index contributed by atoms with van der Waals surface area (Å²) >= 11 is 1.46. The molecule has 3 aromatic heterocycles. The molecule has 4 rings (SSSR count). The van der Waals surface area contributed by atoms with Gasteiger partial charge in [0.05, 0.1) is 5.69 Å². The standard InChI is InChI=1S/C16H20N6OS/c1-11-19-22-15(23)9-13(18-16(22)24-11)10-21-7-4-12(5-8-21)14-3-6-17-20(14)2/h3,6,9,12H,4-5,7-8,10H2,1-2H3. The maximum atomic E-state index is 12.1. The summed E-state index contributed by atoms with van der Waals surface area (Å²) in [6.45, 7) is 4.64. The predicted molar refractivity (Wildman–Crippen MR) is 92.3 cm³/mol. The van der Waals surface area contributed by atoms with Gasteiger partial charge in [-0.1, -0.05) is 11.3 Å². The van der Waals surface area contributed by atoms with Gasteiger partial charge in [0.2, 0.25) is 4.96 Å². The fraction of sp³-hybridized carbons (Fsp3) is 0.500. The molecule has 0 saturated carbocycles. The maximum Gasteiger partial charge on any atom is 0.275 e. The molecule has 0 atom stereocenters. The third-order valence-electron chi connectivity index (χ3n) is 4.65. The smallest absolute Gasteiger partial charge is 0.275 e. The van der Waals surface area contributed by atoms with Gasteiger partial charge in [-0.3, -0.25) is 14.4 Å². The summed E-state index contributed by atoms with van der Waals surface area (Å²) in [6.07, 6.45) is 4.09. The van der Waals surface area contributed by atoms with Gasteiger partial charge >= 0.3 is 0 Å². The highest BCUT2D eigenvalue weighted by atomic mass is 32.1. The molecule has 0 aliphatic carbocycles. The minimum atomic E-state index is -0.0934. The van der Waals surface area contributed by atoms with Crippen molar-refractivity contribution in [3.05, 3.63) is 45.1 Å². The van der Waals surface area contributed by atoms with Crippen LogP contribution in [0.15, 0.2) is 23.1 Å². The Hall–Kier alpha value is -2.06. The number of aryl methyl sites for hydroxylation is 2. The van der Waals surface area contributed by atoms with Crippen molar-refractivity contribution in [2.75, 3.05) is 13.1 Å². The van der Waals surface area contributed by atoms with Crippen molar-refractivity contribution in [1.29, 1.82) is 0 Å². The van der Waals surface area contributed by atoms with Gasteiger partial charge in [-0.15, -0.1) is 0 Å². The molecule has 4 heterocycles. The summed E-state index contributed by atoms with van der Waals surface area (Å²) in [5.74, 6) is 0.568. The first-order valence-corrected chi connectivity index (χ1v) is 8.98.